The first-order valence-corrected chi connectivity index (χ1v) is 9.32. The molecule has 2 N–H and O–H groups in total. The van der Waals surface area contributed by atoms with Crippen LogP contribution < -0.4 is 9.65 Å². The number of benzene rings is 2. The summed E-state index contributed by atoms with van der Waals surface area (Å²) in [7, 11) is 0. The van der Waals surface area contributed by atoms with E-state index < -0.39 is 5.79 Å². The van der Waals surface area contributed by atoms with Crippen molar-refractivity contribution in [2.75, 3.05) is 6.61 Å². The maximum atomic E-state index is 13.7. The second kappa shape index (κ2) is 8.61. The van der Waals surface area contributed by atoms with Crippen molar-refractivity contribution in [2.45, 2.75) is 50.9 Å². The SMILES string of the molecule is CC1(C)OC[C@@H](CC[C@H]2Cc3cc(F)ccc3Oc3ccccc32)O1.N=[N+]=N. The molecule has 0 saturated carbocycles. The molecule has 2 aromatic carbocycles. The number of rotatable bonds is 3. The van der Waals surface area contributed by atoms with Crippen LogP contribution in [0.25, 0.3) is 0 Å². The molecule has 0 spiro atoms. The van der Waals surface area contributed by atoms with E-state index in [1.54, 1.807) is 12.1 Å². The zero-order valence-corrected chi connectivity index (χ0v) is 16.1. The molecular formula is C21H25FN3O3+. The predicted octanol–water partition coefficient (Wildman–Crippen LogP) is 5.30. The Kier molecular flexibility index (Phi) is 6.19. The van der Waals surface area contributed by atoms with Crippen molar-refractivity contribution in [1.29, 1.82) is 11.1 Å². The van der Waals surface area contributed by atoms with E-state index in [0.29, 0.717) is 6.61 Å². The third kappa shape index (κ3) is 4.81. The molecule has 2 aromatic rings. The fraction of sp³-hybridized carbons (Fsp3) is 0.429. The molecule has 0 amide bonds. The van der Waals surface area contributed by atoms with Gasteiger partial charge < -0.3 is 14.2 Å². The van der Waals surface area contributed by atoms with E-state index in [1.165, 1.54) is 11.6 Å². The molecule has 4 rings (SSSR count). The summed E-state index contributed by atoms with van der Waals surface area (Å²) in [4.78, 5) is 2.00. The Balaban J connectivity index is 0.000000706. The highest BCUT2D eigenvalue weighted by Gasteiger charge is 2.33. The number of hydrogen-bond acceptors (Lipinski definition) is 5. The maximum Gasteiger partial charge on any atom is 0.211 e. The van der Waals surface area contributed by atoms with E-state index in [-0.39, 0.29) is 17.8 Å². The van der Waals surface area contributed by atoms with Crippen molar-refractivity contribution >= 4 is 0 Å². The fourth-order valence-corrected chi connectivity index (χ4v) is 3.76. The van der Waals surface area contributed by atoms with E-state index >= 15 is 0 Å². The number of para-hydroxylation sites is 1. The normalized spacial score (nSPS) is 21.8. The molecule has 0 aromatic heterocycles. The van der Waals surface area contributed by atoms with Gasteiger partial charge in [0.25, 0.3) is 0 Å². The lowest BCUT2D eigenvalue weighted by molar-refractivity contribution is -0.139. The van der Waals surface area contributed by atoms with Gasteiger partial charge in [-0.05, 0) is 74.4 Å². The monoisotopic (exact) mass is 386 g/mol. The van der Waals surface area contributed by atoms with Gasteiger partial charge in [-0.25, -0.2) is 4.39 Å². The summed E-state index contributed by atoms with van der Waals surface area (Å²) in [6, 6.07) is 12.9. The van der Waals surface area contributed by atoms with Crippen molar-refractivity contribution in [1.82, 2.24) is 4.91 Å². The van der Waals surface area contributed by atoms with Crippen molar-refractivity contribution < 1.29 is 18.6 Å². The fourth-order valence-electron chi connectivity index (χ4n) is 3.76. The van der Waals surface area contributed by atoms with Crippen LogP contribution in [0.5, 0.6) is 11.5 Å². The van der Waals surface area contributed by atoms with Crippen LogP contribution in [-0.2, 0) is 15.9 Å². The highest BCUT2D eigenvalue weighted by Crippen LogP contribution is 2.42. The second-order valence-electron chi connectivity index (χ2n) is 7.43. The van der Waals surface area contributed by atoms with Crippen LogP contribution in [0.2, 0.25) is 0 Å². The highest BCUT2D eigenvalue weighted by atomic mass is 19.1. The Hall–Kier alpha value is -2.60. The molecule has 1 fully saturated rings. The van der Waals surface area contributed by atoms with Gasteiger partial charge >= 0.3 is 0 Å². The molecule has 28 heavy (non-hydrogen) atoms. The molecule has 148 valence electrons. The average Bonchev–Trinajstić information content (AvgIpc) is 2.92. The lowest BCUT2D eigenvalue weighted by atomic mass is 9.87. The smallest absolute Gasteiger partial charge is 0.211 e. The highest BCUT2D eigenvalue weighted by molar-refractivity contribution is 5.47. The lowest BCUT2D eigenvalue weighted by Crippen LogP contribution is -2.21. The van der Waals surface area contributed by atoms with Crippen molar-refractivity contribution in [3.05, 3.63) is 59.4 Å². The van der Waals surface area contributed by atoms with Crippen LogP contribution in [0.4, 0.5) is 4.39 Å². The maximum absolute atomic E-state index is 13.7. The first-order chi connectivity index (χ1) is 13.4. The Bertz CT molecular complexity index is 866. The van der Waals surface area contributed by atoms with E-state index in [9.17, 15) is 4.39 Å². The van der Waals surface area contributed by atoms with E-state index in [2.05, 4.69) is 6.07 Å². The lowest BCUT2D eigenvalue weighted by Gasteiger charge is -2.20. The molecule has 2 atom stereocenters. The Morgan fingerprint density at radius 3 is 2.57 bits per heavy atom. The van der Waals surface area contributed by atoms with Gasteiger partial charge in [-0.1, -0.05) is 18.2 Å². The molecule has 0 radical (unpaired) electrons. The summed E-state index contributed by atoms with van der Waals surface area (Å²) in [5.74, 6) is 1.16. The number of halogens is 1. The average molecular weight is 386 g/mol. The summed E-state index contributed by atoms with van der Waals surface area (Å²) in [6.07, 6.45) is 2.73. The number of fused-ring (bicyclic) bond motifs is 2. The van der Waals surface area contributed by atoms with Crippen LogP contribution in [-0.4, -0.2) is 18.5 Å². The molecule has 2 aliphatic rings. The van der Waals surface area contributed by atoms with Crippen molar-refractivity contribution in [2.24, 2.45) is 0 Å². The van der Waals surface area contributed by atoms with Crippen molar-refractivity contribution in [3.8, 4) is 11.5 Å². The third-order valence-corrected chi connectivity index (χ3v) is 4.97. The first kappa shape index (κ1) is 20.1. The van der Waals surface area contributed by atoms with Crippen molar-refractivity contribution in [3.63, 3.8) is 0 Å². The number of nitrogens with one attached hydrogen (secondary N) is 2. The minimum Gasteiger partial charge on any atom is -0.457 e. The number of hydrogen-bond donors (Lipinski definition) is 2. The third-order valence-electron chi connectivity index (χ3n) is 4.97. The predicted molar refractivity (Wildman–Crippen MR) is 101 cm³/mol. The van der Waals surface area contributed by atoms with Gasteiger partial charge in [-0.15, -0.1) is 0 Å². The van der Waals surface area contributed by atoms with Crippen LogP contribution in [0, 0.1) is 16.9 Å². The largest absolute Gasteiger partial charge is 0.457 e. The molecule has 7 heteroatoms. The molecule has 0 aliphatic carbocycles. The molecule has 0 unspecified atom stereocenters. The second-order valence-corrected chi connectivity index (χ2v) is 7.43. The first-order valence-electron chi connectivity index (χ1n) is 9.32. The zero-order chi connectivity index (χ0) is 20.1. The van der Waals surface area contributed by atoms with Crippen LogP contribution in [0.1, 0.15) is 43.7 Å². The summed E-state index contributed by atoms with van der Waals surface area (Å²) in [5.41, 5.74) is 13.1. The van der Waals surface area contributed by atoms with Gasteiger partial charge in [0.2, 0.25) is 4.91 Å². The minimum absolute atomic E-state index is 0.110. The summed E-state index contributed by atoms with van der Waals surface area (Å²) in [6.45, 7) is 4.52. The van der Waals surface area contributed by atoms with E-state index in [4.69, 9.17) is 25.3 Å². The van der Waals surface area contributed by atoms with Gasteiger partial charge in [-0.3, -0.25) is 0 Å². The molecular weight excluding hydrogens is 361 g/mol. The van der Waals surface area contributed by atoms with Crippen LogP contribution in [0.3, 0.4) is 0 Å². The minimum atomic E-state index is -0.495. The Morgan fingerprint density at radius 2 is 1.86 bits per heavy atom. The summed E-state index contributed by atoms with van der Waals surface area (Å²) < 4.78 is 31.4. The van der Waals surface area contributed by atoms with Gasteiger partial charge in [0.15, 0.2) is 5.79 Å². The molecule has 2 aliphatic heterocycles. The molecule has 2 heterocycles. The van der Waals surface area contributed by atoms with Gasteiger partial charge in [0.1, 0.15) is 28.4 Å². The summed E-state index contributed by atoms with van der Waals surface area (Å²) in [5, 5.41) is 0. The standard InChI is InChI=1S/C21H23FO3.H2N3/c1-21(2)23-13-17(25-21)9-7-14-11-15-12-16(22)8-10-19(15)24-20-6-4-3-5-18(14)20;1-3-2/h3-6,8,10,12,14,17H,7,9,11,13H2,1-2H3;1-2H/q;+1/t14-,17+;/m0./s1. The molecule has 1 saturated heterocycles. The topological polar surface area (TPSA) is 89.5 Å². The van der Waals surface area contributed by atoms with Gasteiger partial charge in [-0.2, -0.15) is 0 Å². The van der Waals surface area contributed by atoms with Crippen LogP contribution >= 0.6 is 0 Å². The van der Waals surface area contributed by atoms with Gasteiger partial charge in [0.05, 0.1) is 12.7 Å². The number of nitrogens with zero attached hydrogens (tertiary/aromatic N) is 1. The zero-order valence-electron chi connectivity index (χ0n) is 16.1. The molecule has 0 bridgehead atoms. The Labute approximate surface area is 163 Å². The molecule has 6 nitrogen and oxygen atoms in total. The van der Waals surface area contributed by atoms with E-state index in [0.717, 1.165) is 36.3 Å². The van der Waals surface area contributed by atoms with E-state index in [1.807, 2.05) is 37.0 Å². The quantitative estimate of drug-likeness (QED) is 0.554. The van der Waals surface area contributed by atoms with Crippen LogP contribution in [0.15, 0.2) is 42.5 Å². The summed E-state index contributed by atoms with van der Waals surface area (Å²) >= 11 is 0. The van der Waals surface area contributed by atoms with Gasteiger partial charge in [0, 0.05) is 0 Å². The number of ether oxygens (including phenoxy) is 3. The Morgan fingerprint density at radius 1 is 1.11 bits per heavy atom.